The van der Waals surface area contributed by atoms with Crippen LogP contribution in [0.25, 0.3) is 11.0 Å². The number of para-hydroxylation sites is 2. The fourth-order valence-corrected chi connectivity index (χ4v) is 3.29. The van der Waals surface area contributed by atoms with Crippen molar-refractivity contribution >= 4 is 28.5 Å². The Morgan fingerprint density at radius 3 is 2.72 bits per heavy atom. The van der Waals surface area contributed by atoms with Crippen molar-refractivity contribution in [3.63, 3.8) is 0 Å². The third kappa shape index (κ3) is 4.30. The highest BCUT2D eigenvalue weighted by Gasteiger charge is 2.22. The lowest BCUT2D eigenvalue weighted by Gasteiger charge is -2.15. The molecule has 0 bridgehead atoms. The van der Waals surface area contributed by atoms with Gasteiger partial charge in [-0.2, -0.15) is 0 Å². The van der Waals surface area contributed by atoms with Gasteiger partial charge in [0.25, 0.3) is 0 Å². The Morgan fingerprint density at radius 2 is 2.00 bits per heavy atom. The van der Waals surface area contributed by atoms with Gasteiger partial charge in [0.2, 0.25) is 0 Å². The average molecular weight is 393 g/mol. The molecule has 0 unspecified atom stereocenters. The summed E-state index contributed by atoms with van der Waals surface area (Å²) in [6, 6.07) is 13.1. The van der Waals surface area contributed by atoms with Gasteiger partial charge in [-0.3, -0.25) is 0 Å². The summed E-state index contributed by atoms with van der Waals surface area (Å²) in [5.41, 5.74) is 3.18. The minimum Gasteiger partial charge on any atom is -0.495 e. The van der Waals surface area contributed by atoms with E-state index in [1.165, 1.54) is 0 Å². The van der Waals surface area contributed by atoms with Crippen LogP contribution in [-0.2, 0) is 9.47 Å². The largest absolute Gasteiger partial charge is 0.495 e. The van der Waals surface area contributed by atoms with Gasteiger partial charge in [0.05, 0.1) is 29.9 Å². The molecule has 1 atom stereocenters. The van der Waals surface area contributed by atoms with E-state index in [2.05, 4.69) is 15.3 Å². The Bertz CT molecular complexity index is 1030. The van der Waals surface area contributed by atoms with Crippen molar-refractivity contribution in [3.8, 4) is 5.75 Å². The Kier molecular flexibility index (Phi) is 5.57. The summed E-state index contributed by atoms with van der Waals surface area (Å²) in [6.07, 6.45) is 1.82. The Hall–Kier alpha value is -3.19. The molecule has 1 saturated heterocycles. The number of rotatable bonds is 6. The number of hydrogen-bond donors (Lipinski definition) is 1. The molecule has 0 radical (unpaired) electrons. The van der Waals surface area contributed by atoms with E-state index in [1.807, 2.05) is 49.4 Å². The van der Waals surface area contributed by atoms with Crippen LogP contribution in [0, 0.1) is 6.92 Å². The van der Waals surface area contributed by atoms with Gasteiger partial charge in [-0.05, 0) is 49.6 Å². The molecule has 1 fully saturated rings. The Labute approximate surface area is 169 Å². The Morgan fingerprint density at radius 1 is 1.21 bits per heavy atom. The molecule has 1 aliphatic rings. The molecule has 2 aromatic carbocycles. The molecule has 0 amide bonds. The molecule has 7 heteroatoms. The molecule has 3 aromatic rings. The van der Waals surface area contributed by atoms with Crippen molar-refractivity contribution < 1.29 is 19.0 Å². The first kappa shape index (κ1) is 19.1. The van der Waals surface area contributed by atoms with Crippen LogP contribution < -0.4 is 10.1 Å². The summed E-state index contributed by atoms with van der Waals surface area (Å²) in [7, 11) is 1.60. The van der Waals surface area contributed by atoms with E-state index >= 15 is 0 Å². The van der Waals surface area contributed by atoms with E-state index in [0.29, 0.717) is 34.9 Å². The molecular formula is C22H23N3O4. The van der Waals surface area contributed by atoms with Crippen LogP contribution >= 0.6 is 0 Å². The van der Waals surface area contributed by atoms with Crippen LogP contribution in [-0.4, -0.2) is 42.4 Å². The highest BCUT2D eigenvalue weighted by molar-refractivity contribution is 5.96. The van der Waals surface area contributed by atoms with Gasteiger partial charge in [-0.15, -0.1) is 0 Å². The number of methoxy groups -OCH3 is 1. The summed E-state index contributed by atoms with van der Waals surface area (Å²) in [5.74, 6) is 0.432. The number of carbonyl (C=O) groups excluding carboxylic acids is 1. The lowest BCUT2D eigenvalue weighted by molar-refractivity contribution is 0.0157. The maximum Gasteiger partial charge on any atom is 0.360 e. The lowest BCUT2D eigenvalue weighted by atomic mass is 10.2. The molecule has 0 spiro atoms. The first-order valence-corrected chi connectivity index (χ1v) is 9.61. The van der Waals surface area contributed by atoms with Crippen molar-refractivity contribution in [2.45, 2.75) is 25.9 Å². The second-order valence-electron chi connectivity index (χ2n) is 6.97. The highest BCUT2D eigenvalue weighted by Crippen LogP contribution is 2.30. The minimum absolute atomic E-state index is 0.0550. The van der Waals surface area contributed by atoms with Gasteiger partial charge in [-0.1, -0.05) is 18.2 Å². The first-order chi connectivity index (χ1) is 14.1. The summed E-state index contributed by atoms with van der Waals surface area (Å²) in [4.78, 5) is 22.0. The zero-order valence-electron chi connectivity index (χ0n) is 16.5. The molecule has 150 valence electrons. The lowest BCUT2D eigenvalue weighted by Crippen LogP contribution is -2.20. The number of aromatic nitrogens is 2. The molecule has 4 rings (SSSR count). The third-order valence-corrected chi connectivity index (χ3v) is 4.80. The van der Waals surface area contributed by atoms with Gasteiger partial charge >= 0.3 is 5.97 Å². The van der Waals surface area contributed by atoms with Crippen LogP contribution in [0.1, 0.15) is 28.9 Å². The van der Waals surface area contributed by atoms with Gasteiger partial charge in [0.1, 0.15) is 12.4 Å². The number of anilines is 2. The standard InChI is InChI=1S/C22H23N3O4/c1-14-9-10-19(27-2)18(12-14)25-21-20(22(26)29-13-15-6-5-11-28-15)23-16-7-3-4-8-17(16)24-21/h3-4,7-10,12,15H,5-6,11,13H2,1-2H3,(H,24,25)/t15-/m1/s1. The predicted octanol–water partition coefficient (Wildman–Crippen LogP) is 4.03. The molecule has 0 aliphatic carbocycles. The number of carbonyl (C=O) groups is 1. The van der Waals surface area contributed by atoms with Gasteiger partial charge < -0.3 is 19.5 Å². The summed E-state index contributed by atoms with van der Waals surface area (Å²) >= 11 is 0. The highest BCUT2D eigenvalue weighted by atomic mass is 16.6. The van der Waals surface area contributed by atoms with Crippen molar-refractivity contribution in [2.24, 2.45) is 0 Å². The van der Waals surface area contributed by atoms with E-state index in [0.717, 1.165) is 18.4 Å². The number of fused-ring (bicyclic) bond motifs is 1. The molecular weight excluding hydrogens is 370 g/mol. The zero-order valence-corrected chi connectivity index (χ0v) is 16.5. The maximum atomic E-state index is 12.8. The topological polar surface area (TPSA) is 82.6 Å². The van der Waals surface area contributed by atoms with Crippen molar-refractivity contribution in [1.82, 2.24) is 9.97 Å². The van der Waals surface area contributed by atoms with Crippen LogP contribution in [0.2, 0.25) is 0 Å². The molecule has 7 nitrogen and oxygen atoms in total. The molecule has 1 N–H and O–H groups in total. The number of aryl methyl sites for hydroxylation is 1. The van der Waals surface area contributed by atoms with Crippen LogP contribution in [0.15, 0.2) is 42.5 Å². The molecule has 0 saturated carbocycles. The Balaban J connectivity index is 1.68. The van der Waals surface area contributed by atoms with Gasteiger partial charge in [-0.25, -0.2) is 14.8 Å². The maximum absolute atomic E-state index is 12.8. The summed E-state index contributed by atoms with van der Waals surface area (Å²) in [6.45, 7) is 2.89. The normalized spacial score (nSPS) is 16.0. The van der Waals surface area contributed by atoms with Gasteiger partial charge in [0.15, 0.2) is 11.5 Å². The van der Waals surface area contributed by atoms with Crippen molar-refractivity contribution in [2.75, 3.05) is 25.6 Å². The second-order valence-corrected chi connectivity index (χ2v) is 6.97. The fourth-order valence-electron chi connectivity index (χ4n) is 3.29. The molecule has 2 heterocycles. The fraction of sp³-hybridized carbons (Fsp3) is 0.318. The third-order valence-electron chi connectivity index (χ3n) is 4.80. The summed E-state index contributed by atoms with van der Waals surface area (Å²) in [5, 5.41) is 3.20. The zero-order chi connectivity index (χ0) is 20.2. The van der Waals surface area contributed by atoms with Crippen LogP contribution in [0.3, 0.4) is 0 Å². The van der Waals surface area contributed by atoms with E-state index in [4.69, 9.17) is 14.2 Å². The van der Waals surface area contributed by atoms with Crippen LogP contribution in [0.4, 0.5) is 11.5 Å². The number of benzene rings is 2. The quantitative estimate of drug-likeness (QED) is 0.633. The molecule has 29 heavy (non-hydrogen) atoms. The van der Waals surface area contributed by atoms with E-state index in [-0.39, 0.29) is 18.4 Å². The average Bonchev–Trinajstić information content (AvgIpc) is 3.25. The number of nitrogens with one attached hydrogen (secondary N) is 1. The van der Waals surface area contributed by atoms with Crippen molar-refractivity contribution in [1.29, 1.82) is 0 Å². The van der Waals surface area contributed by atoms with E-state index in [1.54, 1.807) is 7.11 Å². The number of esters is 1. The molecule has 1 aromatic heterocycles. The van der Waals surface area contributed by atoms with Crippen molar-refractivity contribution in [3.05, 3.63) is 53.7 Å². The predicted molar refractivity (Wildman–Crippen MR) is 110 cm³/mol. The number of nitrogens with zero attached hydrogens (tertiary/aromatic N) is 2. The smallest absolute Gasteiger partial charge is 0.360 e. The summed E-state index contributed by atoms with van der Waals surface area (Å²) < 4.78 is 16.4. The van der Waals surface area contributed by atoms with E-state index < -0.39 is 5.97 Å². The number of ether oxygens (including phenoxy) is 3. The minimum atomic E-state index is -0.534. The number of hydrogen-bond acceptors (Lipinski definition) is 7. The molecule has 1 aliphatic heterocycles. The van der Waals surface area contributed by atoms with Crippen LogP contribution in [0.5, 0.6) is 5.75 Å². The second kappa shape index (κ2) is 8.45. The SMILES string of the molecule is COc1ccc(C)cc1Nc1nc2ccccc2nc1C(=O)OC[C@H]1CCCO1. The van der Waals surface area contributed by atoms with E-state index in [9.17, 15) is 4.79 Å². The monoisotopic (exact) mass is 393 g/mol. The first-order valence-electron chi connectivity index (χ1n) is 9.61. The van der Waals surface area contributed by atoms with Gasteiger partial charge in [0, 0.05) is 6.61 Å².